The Morgan fingerprint density at radius 2 is 0.758 bits per heavy atom. The number of hydrogen-bond acceptors (Lipinski definition) is 3. The van der Waals surface area contributed by atoms with Gasteiger partial charge in [0.25, 0.3) is 0 Å². The number of hydrogen-bond donors (Lipinski definition) is 0. The third-order valence-electron chi connectivity index (χ3n) is 6.79. The maximum Gasteiger partial charge on any atom is 1.00 e. The van der Waals surface area contributed by atoms with Crippen molar-refractivity contribution in [2.75, 3.05) is 19.6 Å². The van der Waals surface area contributed by atoms with Crippen LogP contribution in [0.3, 0.4) is 0 Å². The normalized spacial score (nSPS) is 11.1. The molecule has 0 fully saturated rings. The molecule has 0 unspecified atom stereocenters. The average Bonchev–Trinajstić information content (AvgIpc) is 2.78. The van der Waals surface area contributed by atoms with Gasteiger partial charge >= 0.3 is 29.6 Å². The predicted molar refractivity (Wildman–Crippen MR) is 139 cm³/mol. The SMILES string of the molecule is CCCCCCCCCCCCCN(CCCCCCCCCCCCC)CCC(=O)[O-].[Na+]. The largest absolute Gasteiger partial charge is 1.00 e. The molecule has 0 aromatic carbocycles. The molecule has 0 heterocycles. The molecule has 0 spiro atoms. The van der Waals surface area contributed by atoms with Gasteiger partial charge in [0.05, 0.1) is 0 Å². The number of carbonyl (C=O) groups is 1. The first-order valence-corrected chi connectivity index (χ1v) is 14.6. The van der Waals surface area contributed by atoms with E-state index in [1.54, 1.807) is 0 Å². The van der Waals surface area contributed by atoms with E-state index in [0.717, 1.165) is 13.1 Å². The van der Waals surface area contributed by atoms with Crippen LogP contribution < -0.4 is 34.7 Å². The summed E-state index contributed by atoms with van der Waals surface area (Å²) in [5, 5.41) is 10.9. The van der Waals surface area contributed by atoms with E-state index >= 15 is 0 Å². The molecule has 0 bridgehead atoms. The van der Waals surface area contributed by atoms with Crippen molar-refractivity contribution >= 4 is 5.97 Å². The van der Waals surface area contributed by atoms with Gasteiger partial charge in [0.1, 0.15) is 0 Å². The van der Waals surface area contributed by atoms with Gasteiger partial charge in [0.2, 0.25) is 0 Å². The van der Waals surface area contributed by atoms with Gasteiger partial charge in [0, 0.05) is 12.5 Å². The Bertz CT molecular complexity index is 353. The van der Waals surface area contributed by atoms with Crippen LogP contribution >= 0.6 is 0 Å². The molecule has 4 heteroatoms. The van der Waals surface area contributed by atoms with E-state index in [2.05, 4.69) is 18.7 Å². The second-order valence-corrected chi connectivity index (χ2v) is 10.0. The van der Waals surface area contributed by atoms with Gasteiger partial charge in [0.15, 0.2) is 0 Å². The van der Waals surface area contributed by atoms with Crippen LogP contribution in [0.1, 0.15) is 162 Å². The van der Waals surface area contributed by atoms with Crippen molar-refractivity contribution in [3.63, 3.8) is 0 Å². The van der Waals surface area contributed by atoms with E-state index in [0.29, 0.717) is 6.54 Å². The summed E-state index contributed by atoms with van der Waals surface area (Å²) < 4.78 is 0. The topological polar surface area (TPSA) is 43.4 Å². The van der Waals surface area contributed by atoms with Crippen molar-refractivity contribution < 1.29 is 39.5 Å². The number of carboxylic acids is 1. The number of unbranched alkanes of at least 4 members (excludes halogenated alkanes) is 20. The third kappa shape index (κ3) is 30.4. The van der Waals surface area contributed by atoms with Crippen molar-refractivity contribution in [3.05, 3.63) is 0 Å². The molecule has 0 aromatic heterocycles. The second kappa shape index (κ2) is 30.5. The first kappa shape index (κ1) is 35.6. The molecule has 0 aliphatic heterocycles. The van der Waals surface area contributed by atoms with Crippen LogP contribution in [0.25, 0.3) is 0 Å². The minimum Gasteiger partial charge on any atom is -0.550 e. The van der Waals surface area contributed by atoms with Gasteiger partial charge in [-0.25, -0.2) is 0 Å². The molecule has 192 valence electrons. The summed E-state index contributed by atoms with van der Waals surface area (Å²) in [7, 11) is 0. The molecule has 0 amide bonds. The van der Waals surface area contributed by atoms with E-state index in [9.17, 15) is 9.90 Å². The first-order valence-electron chi connectivity index (χ1n) is 14.6. The van der Waals surface area contributed by atoms with Crippen molar-refractivity contribution in [1.82, 2.24) is 4.90 Å². The predicted octanol–water partition coefficient (Wildman–Crippen LogP) is 5.05. The molecule has 0 radical (unpaired) electrons. The van der Waals surface area contributed by atoms with Crippen molar-refractivity contribution in [2.45, 2.75) is 162 Å². The van der Waals surface area contributed by atoms with Gasteiger partial charge < -0.3 is 14.8 Å². The van der Waals surface area contributed by atoms with E-state index in [1.165, 1.54) is 141 Å². The molecule has 0 rings (SSSR count). The zero-order valence-corrected chi connectivity index (χ0v) is 25.1. The number of nitrogens with zero attached hydrogens (tertiary/aromatic N) is 1. The van der Waals surface area contributed by atoms with Crippen molar-refractivity contribution in [1.29, 1.82) is 0 Å². The van der Waals surface area contributed by atoms with E-state index in [4.69, 9.17) is 0 Å². The third-order valence-corrected chi connectivity index (χ3v) is 6.79. The summed E-state index contributed by atoms with van der Waals surface area (Å²) in [4.78, 5) is 13.3. The summed E-state index contributed by atoms with van der Waals surface area (Å²) in [6, 6.07) is 0. The average molecular weight is 476 g/mol. The smallest absolute Gasteiger partial charge is 0.550 e. The number of carbonyl (C=O) groups excluding carboxylic acids is 1. The molecule has 0 aliphatic carbocycles. The van der Waals surface area contributed by atoms with E-state index in [-0.39, 0.29) is 36.0 Å². The van der Waals surface area contributed by atoms with Crippen LogP contribution in [0.4, 0.5) is 0 Å². The summed E-state index contributed by atoms with van der Waals surface area (Å²) in [5.74, 6) is -0.909. The van der Waals surface area contributed by atoms with Gasteiger partial charge in [-0.2, -0.15) is 0 Å². The molecule has 0 aromatic rings. The standard InChI is InChI=1S/C29H59NO2.Na/c1-3-5-7-9-11-13-15-17-19-21-23-26-30(28-25-29(31)32)27-24-22-20-18-16-14-12-10-8-6-4-2;/h3-28H2,1-2H3,(H,31,32);/q;+1/p-1. The van der Waals surface area contributed by atoms with Crippen LogP contribution in [-0.2, 0) is 4.79 Å². The Hall–Kier alpha value is 0.430. The van der Waals surface area contributed by atoms with Crippen LogP contribution in [0.2, 0.25) is 0 Å². The van der Waals surface area contributed by atoms with Crippen molar-refractivity contribution in [3.8, 4) is 0 Å². The number of carboxylic acid groups (broad SMARTS) is 1. The van der Waals surface area contributed by atoms with Crippen LogP contribution in [0.15, 0.2) is 0 Å². The van der Waals surface area contributed by atoms with Gasteiger partial charge in [-0.15, -0.1) is 0 Å². The fourth-order valence-corrected chi connectivity index (χ4v) is 4.58. The molecular weight excluding hydrogens is 417 g/mol. The first-order chi connectivity index (χ1) is 15.7. The minimum absolute atomic E-state index is 0. The molecule has 0 saturated heterocycles. The molecule has 3 nitrogen and oxygen atoms in total. The molecule has 0 N–H and O–H groups in total. The van der Waals surface area contributed by atoms with E-state index in [1.807, 2.05) is 0 Å². The maximum absolute atomic E-state index is 10.9. The van der Waals surface area contributed by atoms with E-state index < -0.39 is 5.97 Å². The zero-order chi connectivity index (χ0) is 23.5. The van der Waals surface area contributed by atoms with Gasteiger partial charge in [-0.3, -0.25) is 0 Å². The number of rotatable bonds is 27. The Morgan fingerprint density at radius 1 is 0.485 bits per heavy atom. The van der Waals surface area contributed by atoms with Gasteiger partial charge in [-0.1, -0.05) is 142 Å². The molecular formula is C29H58NNaO2. The summed E-state index contributed by atoms with van der Waals surface area (Å²) >= 11 is 0. The Balaban J connectivity index is 0. The Kier molecular flexibility index (Phi) is 32.9. The fourth-order valence-electron chi connectivity index (χ4n) is 4.58. The van der Waals surface area contributed by atoms with Crippen LogP contribution in [0, 0.1) is 0 Å². The Morgan fingerprint density at radius 3 is 1.03 bits per heavy atom. The molecule has 33 heavy (non-hydrogen) atoms. The quantitative estimate of drug-likeness (QED) is 0.123. The summed E-state index contributed by atoms with van der Waals surface area (Å²) in [5.41, 5.74) is 0. The monoisotopic (exact) mass is 475 g/mol. The fraction of sp³-hybridized carbons (Fsp3) is 0.966. The molecule has 0 atom stereocenters. The van der Waals surface area contributed by atoms with Gasteiger partial charge in [-0.05, 0) is 32.4 Å². The minimum atomic E-state index is -0.909. The van der Waals surface area contributed by atoms with Crippen molar-refractivity contribution in [2.24, 2.45) is 0 Å². The van der Waals surface area contributed by atoms with Crippen LogP contribution in [-0.4, -0.2) is 30.5 Å². The Labute approximate surface area is 230 Å². The summed E-state index contributed by atoms with van der Waals surface area (Å²) in [6.45, 7) is 7.33. The molecule has 0 saturated carbocycles. The maximum atomic E-state index is 10.9. The second-order valence-electron chi connectivity index (χ2n) is 10.0. The zero-order valence-electron chi connectivity index (χ0n) is 23.1. The summed E-state index contributed by atoms with van der Waals surface area (Å²) in [6.07, 6.45) is 30.1. The number of aliphatic carboxylic acids is 1. The molecule has 0 aliphatic rings. The van der Waals surface area contributed by atoms with Crippen LogP contribution in [0.5, 0.6) is 0 Å².